The minimum absolute atomic E-state index is 0.460. The predicted molar refractivity (Wildman–Crippen MR) is 85.0 cm³/mol. The van der Waals surface area contributed by atoms with Crippen molar-refractivity contribution < 1.29 is 14.2 Å². The lowest BCUT2D eigenvalue weighted by Gasteiger charge is -2.20. The Balaban J connectivity index is 1.65. The van der Waals surface area contributed by atoms with Crippen molar-refractivity contribution in [2.75, 3.05) is 26.4 Å². The molecule has 0 aliphatic carbocycles. The molecule has 3 rings (SSSR count). The zero-order valence-corrected chi connectivity index (χ0v) is 13.9. The largest absolute Gasteiger partial charge is 0.490 e. The number of hydrogen-bond donors (Lipinski definition) is 1. The topological polar surface area (TPSA) is 39.7 Å². The molecule has 5 heteroatoms. The van der Waals surface area contributed by atoms with E-state index >= 15 is 0 Å². The van der Waals surface area contributed by atoms with E-state index in [0.717, 1.165) is 48.6 Å². The fraction of sp³-hybridized carbons (Fsp3) is 0.625. The molecule has 1 aromatic carbocycles. The Kier molecular flexibility index (Phi) is 5.03. The Labute approximate surface area is 134 Å². The molecule has 0 bridgehead atoms. The van der Waals surface area contributed by atoms with Crippen LogP contribution in [0.1, 0.15) is 25.3 Å². The smallest absolute Gasteiger partial charge is 0.175 e. The standard InChI is InChI=1S/C16H22BrNO3/c1-11(13-3-6-19-10-13)18-9-12-7-14(17)16-15(8-12)20-4-2-5-21-16/h7-8,11,13,18H,2-6,9-10H2,1H3. The van der Waals surface area contributed by atoms with Crippen molar-refractivity contribution in [2.45, 2.75) is 32.4 Å². The second-order valence-corrected chi connectivity index (χ2v) is 6.60. The maximum Gasteiger partial charge on any atom is 0.175 e. The molecule has 2 atom stereocenters. The number of hydrogen-bond acceptors (Lipinski definition) is 4. The van der Waals surface area contributed by atoms with E-state index in [9.17, 15) is 0 Å². The highest BCUT2D eigenvalue weighted by Gasteiger charge is 2.22. The third kappa shape index (κ3) is 3.71. The number of rotatable bonds is 4. The number of halogens is 1. The molecule has 21 heavy (non-hydrogen) atoms. The molecule has 1 aromatic rings. The van der Waals surface area contributed by atoms with Gasteiger partial charge in [0, 0.05) is 25.6 Å². The monoisotopic (exact) mass is 355 g/mol. The van der Waals surface area contributed by atoms with Gasteiger partial charge in [-0.1, -0.05) is 0 Å². The summed E-state index contributed by atoms with van der Waals surface area (Å²) in [5.41, 5.74) is 1.21. The van der Waals surface area contributed by atoms with Gasteiger partial charge in [-0.05, 0) is 52.9 Å². The van der Waals surface area contributed by atoms with E-state index in [1.54, 1.807) is 0 Å². The van der Waals surface area contributed by atoms with Crippen molar-refractivity contribution >= 4 is 15.9 Å². The molecule has 2 unspecified atom stereocenters. The van der Waals surface area contributed by atoms with Crippen LogP contribution in [0.5, 0.6) is 11.5 Å². The summed E-state index contributed by atoms with van der Waals surface area (Å²) < 4.78 is 17.9. The lowest BCUT2D eigenvalue weighted by atomic mass is 10.0. The molecule has 2 heterocycles. The molecular formula is C16H22BrNO3. The van der Waals surface area contributed by atoms with Gasteiger partial charge < -0.3 is 19.5 Å². The van der Waals surface area contributed by atoms with Gasteiger partial charge in [-0.2, -0.15) is 0 Å². The van der Waals surface area contributed by atoms with Gasteiger partial charge >= 0.3 is 0 Å². The van der Waals surface area contributed by atoms with E-state index in [4.69, 9.17) is 14.2 Å². The molecule has 0 radical (unpaired) electrons. The lowest BCUT2D eigenvalue weighted by Crippen LogP contribution is -2.33. The van der Waals surface area contributed by atoms with E-state index in [-0.39, 0.29) is 0 Å². The van der Waals surface area contributed by atoms with E-state index < -0.39 is 0 Å². The van der Waals surface area contributed by atoms with Gasteiger partial charge in [0.25, 0.3) is 0 Å². The van der Waals surface area contributed by atoms with Gasteiger partial charge in [-0.25, -0.2) is 0 Å². The third-order valence-corrected chi connectivity index (χ3v) is 4.75. The van der Waals surface area contributed by atoms with Crippen LogP contribution in [-0.2, 0) is 11.3 Å². The van der Waals surface area contributed by atoms with Crippen LogP contribution in [0.4, 0.5) is 0 Å². The number of ether oxygens (including phenoxy) is 3. The first kappa shape index (κ1) is 15.1. The van der Waals surface area contributed by atoms with Crippen molar-refractivity contribution in [3.63, 3.8) is 0 Å². The molecule has 0 amide bonds. The van der Waals surface area contributed by atoms with Crippen LogP contribution in [0.15, 0.2) is 16.6 Å². The fourth-order valence-corrected chi connectivity index (χ4v) is 3.38. The molecule has 116 valence electrons. The second-order valence-electron chi connectivity index (χ2n) is 5.75. The Morgan fingerprint density at radius 2 is 2.14 bits per heavy atom. The summed E-state index contributed by atoms with van der Waals surface area (Å²) in [6.45, 7) is 6.25. The highest BCUT2D eigenvalue weighted by molar-refractivity contribution is 9.10. The molecule has 1 N–H and O–H groups in total. The summed E-state index contributed by atoms with van der Waals surface area (Å²) in [4.78, 5) is 0. The Bertz CT molecular complexity index is 489. The van der Waals surface area contributed by atoms with E-state index in [1.807, 2.05) is 0 Å². The second kappa shape index (κ2) is 6.99. The van der Waals surface area contributed by atoms with E-state index in [2.05, 4.69) is 40.3 Å². The molecule has 0 spiro atoms. The van der Waals surface area contributed by atoms with Crippen molar-refractivity contribution in [3.8, 4) is 11.5 Å². The van der Waals surface area contributed by atoms with Crippen LogP contribution in [0.25, 0.3) is 0 Å². The van der Waals surface area contributed by atoms with Gasteiger partial charge in [0.05, 0.1) is 24.3 Å². The summed E-state index contributed by atoms with van der Waals surface area (Å²) in [5, 5.41) is 3.59. The molecule has 1 saturated heterocycles. The maximum absolute atomic E-state index is 5.77. The van der Waals surface area contributed by atoms with Gasteiger partial charge in [-0.15, -0.1) is 0 Å². The minimum Gasteiger partial charge on any atom is -0.490 e. The van der Waals surface area contributed by atoms with E-state index in [1.165, 1.54) is 5.56 Å². The summed E-state index contributed by atoms with van der Waals surface area (Å²) in [6.07, 6.45) is 2.08. The molecule has 2 aliphatic rings. The third-order valence-electron chi connectivity index (χ3n) is 4.16. The first-order valence-electron chi connectivity index (χ1n) is 7.63. The van der Waals surface area contributed by atoms with Crippen LogP contribution in [0.2, 0.25) is 0 Å². The average molecular weight is 356 g/mol. The molecule has 0 aromatic heterocycles. The Morgan fingerprint density at radius 1 is 1.29 bits per heavy atom. The quantitative estimate of drug-likeness (QED) is 0.900. The van der Waals surface area contributed by atoms with Gasteiger partial charge in [0.15, 0.2) is 11.5 Å². The highest BCUT2D eigenvalue weighted by atomic mass is 79.9. The van der Waals surface area contributed by atoms with Crippen LogP contribution >= 0.6 is 15.9 Å². The van der Waals surface area contributed by atoms with Crippen molar-refractivity contribution in [3.05, 3.63) is 22.2 Å². The fourth-order valence-electron chi connectivity index (χ4n) is 2.78. The van der Waals surface area contributed by atoms with Crippen LogP contribution in [-0.4, -0.2) is 32.5 Å². The van der Waals surface area contributed by atoms with E-state index in [0.29, 0.717) is 25.2 Å². The molecule has 2 aliphatic heterocycles. The molecule has 0 saturated carbocycles. The summed E-state index contributed by atoms with van der Waals surface area (Å²) in [5.74, 6) is 2.29. The normalized spacial score (nSPS) is 22.9. The molecule has 4 nitrogen and oxygen atoms in total. The average Bonchev–Trinajstić information content (AvgIpc) is 2.91. The molecule has 1 fully saturated rings. The summed E-state index contributed by atoms with van der Waals surface area (Å²) in [6, 6.07) is 4.65. The predicted octanol–water partition coefficient (Wildman–Crippen LogP) is 3.13. The Morgan fingerprint density at radius 3 is 2.95 bits per heavy atom. The van der Waals surface area contributed by atoms with Crippen LogP contribution < -0.4 is 14.8 Å². The zero-order chi connectivity index (χ0) is 14.7. The lowest BCUT2D eigenvalue weighted by molar-refractivity contribution is 0.178. The number of benzene rings is 1. The number of fused-ring (bicyclic) bond motifs is 1. The minimum atomic E-state index is 0.460. The SMILES string of the molecule is CC(NCc1cc(Br)c2c(c1)OCCCO2)C1CCOC1. The van der Waals surface area contributed by atoms with Crippen molar-refractivity contribution in [1.29, 1.82) is 0 Å². The van der Waals surface area contributed by atoms with Gasteiger partial charge in [-0.3, -0.25) is 0 Å². The highest BCUT2D eigenvalue weighted by Crippen LogP contribution is 2.38. The van der Waals surface area contributed by atoms with Crippen LogP contribution in [0, 0.1) is 5.92 Å². The maximum atomic E-state index is 5.77. The van der Waals surface area contributed by atoms with Gasteiger partial charge in [0.2, 0.25) is 0 Å². The van der Waals surface area contributed by atoms with Crippen molar-refractivity contribution in [2.24, 2.45) is 5.92 Å². The first-order valence-corrected chi connectivity index (χ1v) is 8.42. The Hall–Kier alpha value is -0.780. The van der Waals surface area contributed by atoms with Crippen molar-refractivity contribution in [1.82, 2.24) is 5.32 Å². The summed E-state index contributed by atoms with van der Waals surface area (Å²) in [7, 11) is 0. The first-order chi connectivity index (χ1) is 10.2. The van der Waals surface area contributed by atoms with Crippen LogP contribution in [0.3, 0.4) is 0 Å². The summed E-state index contributed by atoms with van der Waals surface area (Å²) >= 11 is 3.59. The molecular weight excluding hydrogens is 334 g/mol. The number of nitrogens with one attached hydrogen (secondary N) is 1. The zero-order valence-electron chi connectivity index (χ0n) is 12.4. The van der Waals surface area contributed by atoms with Gasteiger partial charge in [0.1, 0.15) is 0 Å².